The van der Waals surface area contributed by atoms with Gasteiger partial charge in [-0.15, -0.1) is 0 Å². The summed E-state index contributed by atoms with van der Waals surface area (Å²) < 4.78 is 16.9. The van der Waals surface area contributed by atoms with Crippen LogP contribution in [0.2, 0.25) is 0 Å². The maximum atomic E-state index is 5.93. The van der Waals surface area contributed by atoms with Crippen LogP contribution in [0.4, 0.5) is 0 Å². The Bertz CT molecular complexity index is 740. The number of fused-ring (bicyclic) bond motifs is 1. The second-order valence-electron chi connectivity index (χ2n) is 7.00. The van der Waals surface area contributed by atoms with Gasteiger partial charge < -0.3 is 19.5 Å². The molecule has 0 aromatic heterocycles. The van der Waals surface area contributed by atoms with E-state index >= 15 is 0 Å². The summed E-state index contributed by atoms with van der Waals surface area (Å²) in [5.74, 6) is 2.58. The lowest BCUT2D eigenvalue weighted by Gasteiger charge is -2.16. The molecule has 0 saturated carbocycles. The Labute approximate surface area is 150 Å². The summed E-state index contributed by atoms with van der Waals surface area (Å²) in [4.78, 5) is 0. The molecule has 25 heavy (non-hydrogen) atoms. The van der Waals surface area contributed by atoms with Crippen molar-refractivity contribution in [3.8, 4) is 17.2 Å². The van der Waals surface area contributed by atoms with Crippen LogP contribution in [0.3, 0.4) is 0 Å². The fourth-order valence-electron chi connectivity index (χ4n) is 3.22. The number of hydrogen-bond donors (Lipinski definition) is 1. The number of rotatable bonds is 7. The van der Waals surface area contributed by atoms with Gasteiger partial charge in [-0.05, 0) is 55.7 Å². The Hall–Kier alpha value is -2.20. The van der Waals surface area contributed by atoms with Crippen LogP contribution in [0.1, 0.15) is 37.5 Å². The first-order valence-corrected chi connectivity index (χ1v) is 8.82. The van der Waals surface area contributed by atoms with E-state index in [1.165, 1.54) is 16.7 Å². The summed E-state index contributed by atoms with van der Waals surface area (Å²) in [6.45, 7) is 8.46. The Morgan fingerprint density at radius 1 is 1.04 bits per heavy atom. The third-order valence-electron chi connectivity index (χ3n) is 4.31. The van der Waals surface area contributed by atoms with E-state index in [2.05, 4.69) is 43.4 Å². The van der Waals surface area contributed by atoms with Gasteiger partial charge in [-0.25, -0.2) is 0 Å². The molecule has 0 unspecified atom stereocenters. The highest BCUT2D eigenvalue weighted by molar-refractivity contribution is 5.43. The Morgan fingerprint density at radius 2 is 1.76 bits per heavy atom. The van der Waals surface area contributed by atoms with E-state index in [0.29, 0.717) is 6.61 Å². The standard InChI is InChI=1S/C21H27NO3/c1-5-24-19-9-7-16(11-20(19)23-4)14-22-13-15-6-8-18-17(10-15)12-21(2,3)25-18/h6-11,22H,5,12-14H2,1-4H3. The number of ether oxygens (including phenoxy) is 3. The predicted molar refractivity (Wildman–Crippen MR) is 99.6 cm³/mol. The molecule has 0 amide bonds. The van der Waals surface area contributed by atoms with Crippen molar-refractivity contribution < 1.29 is 14.2 Å². The van der Waals surface area contributed by atoms with Gasteiger partial charge in [-0.1, -0.05) is 18.2 Å². The molecule has 0 fully saturated rings. The van der Waals surface area contributed by atoms with Gasteiger partial charge in [0.15, 0.2) is 11.5 Å². The molecular weight excluding hydrogens is 314 g/mol. The molecule has 4 nitrogen and oxygen atoms in total. The molecule has 134 valence electrons. The van der Waals surface area contributed by atoms with Gasteiger partial charge >= 0.3 is 0 Å². The SMILES string of the molecule is CCOc1ccc(CNCc2ccc3c(c2)CC(C)(C)O3)cc1OC. The highest BCUT2D eigenvalue weighted by atomic mass is 16.5. The summed E-state index contributed by atoms with van der Waals surface area (Å²) in [7, 11) is 1.67. The van der Waals surface area contributed by atoms with Crippen molar-refractivity contribution in [3.05, 3.63) is 53.1 Å². The predicted octanol–water partition coefficient (Wildman–Crippen LogP) is 4.10. The minimum absolute atomic E-state index is 0.0900. The second-order valence-corrected chi connectivity index (χ2v) is 7.00. The number of nitrogens with one attached hydrogen (secondary N) is 1. The van der Waals surface area contributed by atoms with Crippen LogP contribution < -0.4 is 19.5 Å². The number of benzene rings is 2. The average Bonchev–Trinajstić information content (AvgIpc) is 2.89. The summed E-state index contributed by atoms with van der Waals surface area (Å²) in [5, 5.41) is 3.50. The molecule has 4 heteroatoms. The van der Waals surface area contributed by atoms with Crippen LogP contribution >= 0.6 is 0 Å². The summed E-state index contributed by atoms with van der Waals surface area (Å²) in [6, 6.07) is 12.5. The molecule has 1 heterocycles. The molecule has 1 N–H and O–H groups in total. The van der Waals surface area contributed by atoms with E-state index in [1.54, 1.807) is 7.11 Å². The van der Waals surface area contributed by atoms with Gasteiger partial charge in [0.05, 0.1) is 13.7 Å². The van der Waals surface area contributed by atoms with Gasteiger partial charge in [-0.2, -0.15) is 0 Å². The van der Waals surface area contributed by atoms with E-state index in [0.717, 1.165) is 36.8 Å². The average molecular weight is 341 g/mol. The van der Waals surface area contributed by atoms with Crippen LogP contribution in [-0.2, 0) is 19.5 Å². The smallest absolute Gasteiger partial charge is 0.161 e. The second kappa shape index (κ2) is 7.36. The maximum Gasteiger partial charge on any atom is 0.161 e. The Morgan fingerprint density at radius 3 is 2.48 bits per heavy atom. The van der Waals surface area contributed by atoms with Gasteiger partial charge in [0.2, 0.25) is 0 Å². The summed E-state index contributed by atoms with van der Waals surface area (Å²) >= 11 is 0. The third-order valence-corrected chi connectivity index (χ3v) is 4.31. The van der Waals surface area contributed by atoms with Crippen LogP contribution in [0.15, 0.2) is 36.4 Å². The first-order chi connectivity index (χ1) is 12.0. The lowest BCUT2D eigenvalue weighted by Crippen LogP contribution is -2.24. The van der Waals surface area contributed by atoms with Gasteiger partial charge in [-0.3, -0.25) is 0 Å². The molecule has 0 atom stereocenters. The summed E-state index contributed by atoms with van der Waals surface area (Å²) in [6.07, 6.45) is 0.965. The Balaban J connectivity index is 1.59. The highest BCUT2D eigenvalue weighted by Crippen LogP contribution is 2.35. The van der Waals surface area contributed by atoms with Crippen molar-refractivity contribution in [2.45, 2.75) is 45.9 Å². The highest BCUT2D eigenvalue weighted by Gasteiger charge is 2.29. The monoisotopic (exact) mass is 341 g/mol. The first-order valence-electron chi connectivity index (χ1n) is 8.82. The van der Waals surface area contributed by atoms with Gasteiger partial charge in [0.1, 0.15) is 11.4 Å². The van der Waals surface area contributed by atoms with Gasteiger partial charge in [0.25, 0.3) is 0 Å². The molecule has 0 aliphatic carbocycles. The minimum atomic E-state index is -0.0900. The number of hydrogen-bond acceptors (Lipinski definition) is 4. The third kappa shape index (κ3) is 4.26. The topological polar surface area (TPSA) is 39.7 Å². The first kappa shape index (κ1) is 17.6. The fourth-order valence-corrected chi connectivity index (χ4v) is 3.22. The molecule has 0 spiro atoms. The molecule has 1 aliphatic rings. The van der Waals surface area contributed by atoms with Gasteiger partial charge in [0, 0.05) is 19.5 Å². The van der Waals surface area contributed by atoms with Crippen LogP contribution in [-0.4, -0.2) is 19.3 Å². The minimum Gasteiger partial charge on any atom is -0.493 e. The maximum absolute atomic E-state index is 5.93. The molecule has 0 saturated heterocycles. The van der Waals surface area contributed by atoms with E-state index in [9.17, 15) is 0 Å². The normalized spacial score (nSPS) is 14.7. The summed E-state index contributed by atoms with van der Waals surface area (Å²) in [5.41, 5.74) is 3.66. The van der Waals surface area contributed by atoms with E-state index in [-0.39, 0.29) is 5.60 Å². The van der Waals surface area contributed by atoms with E-state index in [4.69, 9.17) is 14.2 Å². The number of methoxy groups -OCH3 is 1. The molecule has 2 aromatic carbocycles. The zero-order chi connectivity index (χ0) is 17.9. The van der Waals surface area contributed by atoms with Crippen molar-refractivity contribution in [2.24, 2.45) is 0 Å². The Kier molecular flexibility index (Phi) is 5.19. The molecule has 1 aliphatic heterocycles. The lowest BCUT2D eigenvalue weighted by molar-refractivity contribution is 0.138. The molecule has 0 radical (unpaired) electrons. The van der Waals surface area contributed by atoms with Crippen molar-refractivity contribution in [2.75, 3.05) is 13.7 Å². The van der Waals surface area contributed by atoms with Crippen LogP contribution in [0.5, 0.6) is 17.2 Å². The van der Waals surface area contributed by atoms with E-state index < -0.39 is 0 Å². The van der Waals surface area contributed by atoms with Crippen LogP contribution in [0.25, 0.3) is 0 Å². The zero-order valence-electron chi connectivity index (χ0n) is 15.5. The van der Waals surface area contributed by atoms with Crippen molar-refractivity contribution in [1.29, 1.82) is 0 Å². The molecule has 0 bridgehead atoms. The lowest BCUT2D eigenvalue weighted by atomic mass is 10.0. The fraction of sp³-hybridized carbons (Fsp3) is 0.429. The zero-order valence-corrected chi connectivity index (χ0v) is 15.5. The van der Waals surface area contributed by atoms with Crippen LogP contribution in [0, 0.1) is 0 Å². The van der Waals surface area contributed by atoms with Crippen molar-refractivity contribution in [3.63, 3.8) is 0 Å². The molecule has 3 rings (SSSR count). The molecular formula is C21H27NO3. The molecule has 2 aromatic rings. The van der Waals surface area contributed by atoms with Crippen molar-refractivity contribution in [1.82, 2.24) is 5.32 Å². The quantitative estimate of drug-likeness (QED) is 0.823. The van der Waals surface area contributed by atoms with Crippen molar-refractivity contribution >= 4 is 0 Å². The largest absolute Gasteiger partial charge is 0.493 e. The van der Waals surface area contributed by atoms with E-state index in [1.807, 2.05) is 19.1 Å².